The molecule has 2 heterocycles. The van der Waals surface area contributed by atoms with Gasteiger partial charge < -0.3 is 15.2 Å². The maximum atomic E-state index is 6.31. The topological polar surface area (TPSA) is 75.2 Å². The van der Waals surface area contributed by atoms with Gasteiger partial charge in [-0.15, -0.1) is 0 Å². The molecule has 0 saturated carbocycles. The summed E-state index contributed by atoms with van der Waals surface area (Å²) in [5.41, 5.74) is 7.33. The van der Waals surface area contributed by atoms with E-state index in [1.165, 1.54) is 0 Å². The summed E-state index contributed by atoms with van der Waals surface area (Å²) in [4.78, 5) is 4.30. The largest absolute Gasteiger partial charge is 0.486 e. The van der Waals surface area contributed by atoms with Crippen LogP contribution in [-0.2, 0) is 13.0 Å². The second kappa shape index (κ2) is 6.13. The van der Waals surface area contributed by atoms with Crippen molar-refractivity contribution in [1.29, 1.82) is 0 Å². The number of nitrogens with two attached hydrogens (primary N) is 1. The number of rotatable bonds is 5. The molecule has 0 aliphatic carbocycles. The van der Waals surface area contributed by atoms with E-state index in [1.54, 1.807) is 6.33 Å². The van der Waals surface area contributed by atoms with E-state index in [-0.39, 0.29) is 6.04 Å². The van der Waals surface area contributed by atoms with Crippen LogP contribution in [0, 0.1) is 0 Å². The van der Waals surface area contributed by atoms with Crippen molar-refractivity contribution in [1.82, 2.24) is 14.8 Å². The second-order valence-corrected chi connectivity index (χ2v) is 5.11. The molecule has 6 heteroatoms. The fourth-order valence-corrected chi connectivity index (χ4v) is 2.45. The van der Waals surface area contributed by atoms with Gasteiger partial charge in [-0.2, -0.15) is 5.10 Å². The first-order valence-corrected chi connectivity index (χ1v) is 7.29. The van der Waals surface area contributed by atoms with E-state index >= 15 is 0 Å². The third-order valence-corrected chi connectivity index (χ3v) is 3.53. The molecule has 21 heavy (non-hydrogen) atoms. The summed E-state index contributed by atoms with van der Waals surface area (Å²) in [5, 5.41) is 4.23. The van der Waals surface area contributed by atoms with Crippen LogP contribution in [0.3, 0.4) is 0 Å². The summed E-state index contributed by atoms with van der Waals surface area (Å²) in [6, 6.07) is 5.72. The smallest absolute Gasteiger partial charge is 0.161 e. The predicted octanol–water partition coefficient (Wildman–Crippen LogP) is 1.70. The summed E-state index contributed by atoms with van der Waals surface area (Å²) < 4.78 is 13.0. The quantitative estimate of drug-likeness (QED) is 0.906. The van der Waals surface area contributed by atoms with E-state index in [2.05, 4.69) is 17.0 Å². The molecule has 1 aromatic carbocycles. The third-order valence-electron chi connectivity index (χ3n) is 3.53. The summed E-state index contributed by atoms with van der Waals surface area (Å²) in [6.45, 7) is 4.16. The average molecular weight is 288 g/mol. The molecule has 1 unspecified atom stereocenters. The molecule has 3 rings (SSSR count). The number of aromatic nitrogens is 3. The van der Waals surface area contributed by atoms with Crippen LogP contribution in [-0.4, -0.2) is 28.0 Å². The number of nitrogens with zero attached hydrogens (tertiary/aromatic N) is 3. The zero-order valence-electron chi connectivity index (χ0n) is 12.2. The first-order valence-electron chi connectivity index (χ1n) is 7.29. The van der Waals surface area contributed by atoms with E-state index in [1.807, 2.05) is 22.9 Å². The number of ether oxygens (including phenoxy) is 2. The van der Waals surface area contributed by atoms with Crippen molar-refractivity contribution < 1.29 is 9.47 Å². The first-order chi connectivity index (χ1) is 10.3. The minimum atomic E-state index is -0.138. The zero-order valence-corrected chi connectivity index (χ0v) is 12.2. The Bertz CT molecular complexity index is 611. The molecule has 0 radical (unpaired) electrons. The Hall–Kier alpha value is -2.08. The number of hydrogen-bond donors (Lipinski definition) is 1. The zero-order chi connectivity index (χ0) is 14.7. The minimum Gasteiger partial charge on any atom is -0.486 e. The van der Waals surface area contributed by atoms with Crippen molar-refractivity contribution >= 4 is 0 Å². The van der Waals surface area contributed by atoms with Gasteiger partial charge in [-0.1, -0.05) is 13.0 Å². The molecule has 0 saturated heterocycles. The molecule has 1 aliphatic heterocycles. The van der Waals surface area contributed by atoms with Gasteiger partial charge in [0, 0.05) is 19.0 Å². The molecule has 112 valence electrons. The predicted molar refractivity (Wildman–Crippen MR) is 78.4 cm³/mol. The molecule has 2 aromatic rings. The summed E-state index contributed by atoms with van der Waals surface area (Å²) in [7, 11) is 0. The Labute approximate surface area is 123 Å². The van der Waals surface area contributed by atoms with Crippen molar-refractivity contribution in [3.63, 3.8) is 0 Å². The number of aryl methyl sites for hydroxylation is 1. The maximum Gasteiger partial charge on any atom is 0.161 e. The maximum absolute atomic E-state index is 6.31. The molecule has 0 fully saturated rings. The van der Waals surface area contributed by atoms with Crippen molar-refractivity contribution in [2.75, 3.05) is 13.2 Å². The number of hydrogen-bond acceptors (Lipinski definition) is 5. The van der Waals surface area contributed by atoms with Crippen molar-refractivity contribution in [2.45, 2.75) is 32.4 Å². The van der Waals surface area contributed by atoms with Crippen LogP contribution in [0.2, 0.25) is 0 Å². The third kappa shape index (κ3) is 3.00. The van der Waals surface area contributed by atoms with Gasteiger partial charge in [0.1, 0.15) is 25.4 Å². The fraction of sp³-hybridized carbons (Fsp3) is 0.467. The SMILES string of the molecule is CCCn1ncnc1CC(N)c1ccc2c(c1)OCCO2. The lowest BCUT2D eigenvalue weighted by Gasteiger charge is -2.20. The van der Waals surface area contributed by atoms with E-state index in [9.17, 15) is 0 Å². The Morgan fingerprint density at radius 1 is 1.29 bits per heavy atom. The van der Waals surface area contributed by atoms with Crippen LogP contribution >= 0.6 is 0 Å². The monoisotopic (exact) mass is 288 g/mol. The van der Waals surface area contributed by atoms with Crippen molar-refractivity contribution in [3.8, 4) is 11.5 Å². The highest BCUT2D eigenvalue weighted by atomic mass is 16.6. The standard InChI is InChI=1S/C15H20N4O2/c1-2-5-19-15(17-10-18-19)9-12(16)11-3-4-13-14(8-11)21-7-6-20-13/h3-4,8,10,12H,2,5-7,9,16H2,1H3. The van der Waals surface area contributed by atoms with E-state index in [0.29, 0.717) is 19.6 Å². The van der Waals surface area contributed by atoms with Crippen LogP contribution in [0.25, 0.3) is 0 Å². The summed E-state index contributed by atoms with van der Waals surface area (Å²) in [6.07, 6.45) is 3.26. The van der Waals surface area contributed by atoms with E-state index in [4.69, 9.17) is 15.2 Å². The van der Waals surface area contributed by atoms with Crippen LogP contribution < -0.4 is 15.2 Å². The number of fused-ring (bicyclic) bond motifs is 1. The molecule has 1 atom stereocenters. The Kier molecular flexibility index (Phi) is 4.06. The summed E-state index contributed by atoms with van der Waals surface area (Å²) in [5.74, 6) is 2.47. The molecule has 6 nitrogen and oxygen atoms in total. The molecule has 0 spiro atoms. The minimum absolute atomic E-state index is 0.138. The number of benzene rings is 1. The normalized spacial score (nSPS) is 15.0. The Balaban J connectivity index is 1.75. The summed E-state index contributed by atoms with van der Waals surface area (Å²) >= 11 is 0. The molecule has 2 N–H and O–H groups in total. The molecule has 1 aromatic heterocycles. The lowest BCUT2D eigenvalue weighted by molar-refractivity contribution is 0.171. The molecule has 1 aliphatic rings. The van der Waals surface area contributed by atoms with Gasteiger partial charge in [0.05, 0.1) is 0 Å². The first kappa shape index (κ1) is 13.9. The lowest BCUT2D eigenvalue weighted by atomic mass is 10.0. The molecule has 0 bridgehead atoms. The van der Waals surface area contributed by atoms with Gasteiger partial charge in [0.25, 0.3) is 0 Å². The highest BCUT2D eigenvalue weighted by molar-refractivity contribution is 5.44. The molecule has 0 amide bonds. The van der Waals surface area contributed by atoms with Crippen LogP contribution in [0.1, 0.15) is 30.8 Å². The highest BCUT2D eigenvalue weighted by Gasteiger charge is 2.16. The van der Waals surface area contributed by atoms with Crippen molar-refractivity contribution in [3.05, 3.63) is 35.9 Å². The lowest BCUT2D eigenvalue weighted by Crippen LogP contribution is -2.19. The van der Waals surface area contributed by atoms with Crippen LogP contribution in [0.5, 0.6) is 11.5 Å². The highest BCUT2D eigenvalue weighted by Crippen LogP contribution is 2.32. The van der Waals surface area contributed by atoms with E-state index in [0.717, 1.165) is 35.9 Å². The Morgan fingerprint density at radius 3 is 2.90 bits per heavy atom. The van der Waals surface area contributed by atoms with Gasteiger partial charge in [-0.3, -0.25) is 4.68 Å². The molecular weight excluding hydrogens is 268 g/mol. The van der Waals surface area contributed by atoms with Crippen LogP contribution in [0.4, 0.5) is 0 Å². The van der Waals surface area contributed by atoms with Gasteiger partial charge >= 0.3 is 0 Å². The Morgan fingerprint density at radius 2 is 2.10 bits per heavy atom. The average Bonchev–Trinajstić information content (AvgIpc) is 2.94. The molecular formula is C15H20N4O2. The van der Waals surface area contributed by atoms with Gasteiger partial charge in [0.2, 0.25) is 0 Å². The van der Waals surface area contributed by atoms with E-state index < -0.39 is 0 Å². The van der Waals surface area contributed by atoms with Crippen LogP contribution in [0.15, 0.2) is 24.5 Å². The van der Waals surface area contributed by atoms with Crippen molar-refractivity contribution in [2.24, 2.45) is 5.73 Å². The van der Waals surface area contributed by atoms with Gasteiger partial charge in [-0.05, 0) is 24.1 Å². The second-order valence-electron chi connectivity index (χ2n) is 5.11. The van der Waals surface area contributed by atoms with Gasteiger partial charge in [0.15, 0.2) is 11.5 Å². The fourth-order valence-electron chi connectivity index (χ4n) is 2.45. The van der Waals surface area contributed by atoms with Gasteiger partial charge in [-0.25, -0.2) is 4.98 Å².